The Labute approximate surface area is 106 Å². The molecule has 0 aliphatic heterocycles. The molecule has 92 valence electrons. The number of rotatable bonds is 3. The molecule has 4 nitrogen and oxygen atoms in total. The molecule has 0 radical (unpaired) electrons. The monoisotopic (exact) mass is 242 g/mol. The Hall–Kier alpha value is -2.36. The van der Waals surface area contributed by atoms with Crippen LogP contribution in [0.25, 0.3) is 0 Å². The fourth-order valence-electron chi connectivity index (χ4n) is 1.58. The lowest BCUT2D eigenvalue weighted by molar-refractivity contribution is 0.0993. The number of nitrogens with zero attached hydrogens (tertiary/aromatic N) is 2. The Kier molecular flexibility index (Phi) is 3.57. The van der Waals surface area contributed by atoms with Gasteiger partial charge < -0.3 is 9.64 Å². The van der Waals surface area contributed by atoms with Gasteiger partial charge in [-0.3, -0.25) is 4.79 Å². The number of hydrogen-bond acceptors (Lipinski definition) is 3. The number of methoxy groups -OCH3 is 1. The molecule has 0 saturated heterocycles. The topological polar surface area (TPSA) is 42.4 Å². The van der Waals surface area contributed by atoms with Crippen molar-refractivity contribution in [2.75, 3.05) is 19.1 Å². The Morgan fingerprint density at radius 3 is 2.44 bits per heavy atom. The van der Waals surface area contributed by atoms with Gasteiger partial charge in [0.25, 0.3) is 5.91 Å². The van der Waals surface area contributed by atoms with Crippen molar-refractivity contribution >= 4 is 11.6 Å². The van der Waals surface area contributed by atoms with Gasteiger partial charge in [-0.2, -0.15) is 0 Å². The molecule has 0 aliphatic rings. The van der Waals surface area contributed by atoms with Gasteiger partial charge in [-0.05, 0) is 18.2 Å². The zero-order valence-electron chi connectivity index (χ0n) is 10.3. The summed E-state index contributed by atoms with van der Waals surface area (Å²) in [4.78, 5) is 17.8. The third-order valence-corrected chi connectivity index (χ3v) is 2.64. The maximum atomic E-state index is 12.2. The highest BCUT2D eigenvalue weighted by molar-refractivity contribution is 6.05. The lowest BCUT2D eigenvalue weighted by Gasteiger charge is -2.17. The second-order valence-corrected chi connectivity index (χ2v) is 3.79. The zero-order valence-corrected chi connectivity index (χ0v) is 10.3. The molecule has 1 aromatic carbocycles. The highest BCUT2D eigenvalue weighted by Gasteiger charge is 2.13. The van der Waals surface area contributed by atoms with Crippen molar-refractivity contribution in [3.8, 4) is 5.88 Å². The van der Waals surface area contributed by atoms with E-state index in [-0.39, 0.29) is 5.91 Å². The second-order valence-electron chi connectivity index (χ2n) is 3.79. The van der Waals surface area contributed by atoms with Crippen molar-refractivity contribution in [3.05, 3.63) is 54.2 Å². The SMILES string of the molecule is COc1ccc(N(C)C(=O)c2ccccc2)cn1. The third-order valence-electron chi connectivity index (χ3n) is 2.64. The van der Waals surface area contributed by atoms with E-state index < -0.39 is 0 Å². The standard InChI is InChI=1S/C14H14N2O2/c1-16(12-8-9-13(18-2)15-10-12)14(17)11-6-4-3-5-7-11/h3-10H,1-2H3. The minimum absolute atomic E-state index is 0.0671. The van der Waals surface area contributed by atoms with Crippen LogP contribution >= 0.6 is 0 Å². The van der Waals surface area contributed by atoms with Crippen LogP contribution in [0.3, 0.4) is 0 Å². The van der Waals surface area contributed by atoms with Crippen LogP contribution in [-0.2, 0) is 0 Å². The van der Waals surface area contributed by atoms with E-state index in [1.807, 2.05) is 18.2 Å². The summed E-state index contributed by atoms with van der Waals surface area (Å²) in [5, 5.41) is 0. The number of amides is 1. The van der Waals surface area contributed by atoms with Crippen LogP contribution in [0, 0.1) is 0 Å². The Balaban J connectivity index is 2.20. The van der Waals surface area contributed by atoms with E-state index in [1.165, 1.54) is 0 Å². The van der Waals surface area contributed by atoms with Crippen LogP contribution < -0.4 is 9.64 Å². The van der Waals surface area contributed by atoms with Crippen LogP contribution in [0.5, 0.6) is 5.88 Å². The fraction of sp³-hybridized carbons (Fsp3) is 0.143. The van der Waals surface area contributed by atoms with Crippen molar-refractivity contribution in [3.63, 3.8) is 0 Å². The summed E-state index contributed by atoms with van der Waals surface area (Å²) in [7, 11) is 3.28. The average Bonchev–Trinajstić information content (AvgIpc) is 2.47. The second kappa shape index (κ2) is 5.31. The van der Waals surface area contributed by atoms with Crippen molar-refractivity contribution in [1.82, 2.24) is 4.98 Å². The van der Waals surface area contributed by atoms with Gasteiger partial charge in [0, 0.05) is 18.7 Å². The van der Waals surface area contributed by atoms with Gasteiger partial charge in [0.1, 0.15) is 0 Å². The molecule has 0 aliphatic carbocycles. The Morgan fingerprint density at radius 1 is 1.17 bits per heavy atom. The molecule has 0 spiro atoms. The molecular weight excluding hydrogens is 228 g/mol. The first-order chi connectivity index (χ1) is 8.72. The van der Waals surface area contributed by atoms with Gasteiger partial charge >= 0.3 is 0 Å². The first-order valence-corrected chi connectivity index (χ1v) is 5.55. The van der Waals surface area contributed by atoms with Crippen molar-refractivity contribution < 1.29 is 9.53 Å². The van der Waals surface area contributed by atoms with Gasteiger partial charge in [-0.25, -0.2) is 4.98 Å². The Bertz CT molecular complexity index is 523. The number of hydrogen-bond donors (Lipinski definition) is 0. The molecule has 2 rings (SSSR count). The maximum absolute atomic E-state index is 12.2. The predicted molar refractivity (Wildman–Crippen MR) is 70.0 cm³/mol. The molecule has 0 unspecified atom stereocenters. The summed E-state index contributed by atoms with van der Waals surface area (Å²) < 4.78 is 4.98. The molecule has 2 aromatic rings. The summed E-state index contributed by atoms with van der Waals surface area (Å²) >= 11 is 0. The molecule has 18 heavy (non-hydrogen) atoms. The van der Waals surface area contributed by atoms with E-state index in [9.17, 15) is 4.79 Å². The molecule has 4 heteroatoms. The van der Waals surface area contributed by atoms with E-state index in [1.54, 1.807) is 49.5 Å². The highest BCUT2D eigenvalue weighted by Crippen LogP contribution is 2.17. The third kappa shape index (κ3) is 2.48. The van der Waals surface area contributed by atoms with Gasteiger partial charge in [0.15, 0.2) is 0 Å². The molecule has 0 bridgehead atoms. The largest absolute Gasteiger partial charge is 0.481 e. The minimum Gasteiger partial charge on any atom is -0.481 e. The molecule has 0 atom stereocenters. The molecule has 0 saturated carbocycles. The lowest BCUT2D eigenvalue weighted by atomic mass is 10.2. The van der Waals surface area contributed by atoms with Crippen LogP contribution in [0.1, 0.15) is 10.4 Å². The van der Waals surface area contributed by atoms with Crippen LogP contribution in [-0.4, -0.2) is 25.0 Å². The summed E-state index contributed by atoms with van der Waals surface area (Å²) in [5.74, 6) is 0.460. The smallest absolute Gasteiger partial charge is 0.258 e. The molecule has 1 amide bonds. The number of aromatic nitrogens is 1. The van der Waals surface area contributed by atoms with E-state index in [0.29, 0.717) is 11.4 Å². The number of benzene rings is 1. The van der Waals surface area contributed by atoms with E-state index in [0.717, 1.165) is 5.69 Å². The highest BCUT2D eigenvalue weighted by atomic mass is 16.5. The fourth-order valence-corrected chi connectivity index (χ4v) is 1.58. The van der Waals surface area contributed by atoms with Crippen molar-refractivity contribution in [1.29, 1.82) is 0 Å². The number of ether oxygens (including phenoxy) is 1. The quantitative estimate of drug-likeness (QED) is 0.829. The van der Waals surface area contributed by atoms with Gasteiger partial charge in [0.05, 0.1) is 19.0 Å². The first kappa shape index (κ1) is 12.1. The molecule has 0 fully saturated rings. The van der Waals surface area contributed by atoms with Crippen molar-refractivity contribution in [2.45, 2.75) is 0 Å². The summed E-state index contributed by atoms with van der Waals surface area (Å²) in [6.45, 7) is 0. The summed E-state index contributed by atoms with van der Waals surface area (Å²) in [5.41, 5.74) is 1.38. The van der Waals surface area contributed by atoms with Crippen LogP contribution in [0.15, 0.2) is 48.7 Å². The minimum atomic E-state index is -0.0671. The van der Waals surface area contributed by atoms with Crippen molar-refractivity contribution in [2.24, 2.45) is 0 Å². The predicted octanol–water partition coefficient (Wildman–Crippen LogP) is 2.37. The van der Waals surface area contributed by atoms with Gasteiger partial charge in [-0.1, -0.05) is 18.2 Å². The summed E-state index contributed by atoms with van der Waals surface area (Å²) in [6.07, 6.45) is 1.61. The number of anilines is 1. The normalized spacial score (nSPS) is 9.89. The number of carbonyl (C=O) groups is 1. The summed E-state index contributed by atoms with van der Waals surface area (Å²) in [6, 6.07) is 12.7. The molecule has 0 N–H and O–H groups in total. The zero-order chi connectivity index (χ0) is 13.0. The number of carbonyl (C=O) groups excluding carboxylic acids is 1. The molecule has 1 aromatic heterocycles. The lowest BCUT2D eigenvalue weighted by Crippen LogP contribution is -2.26. The molecule has 1 heterocycles. The number of pyridine rings is 1. The van der Waals surface area contributed by atoms with Crippen LogP contribution in [0.4, 0.5) is 5.69 Å². The van der Waals surface area contributed by atoms with E-state index in [2.05, 4.69) is 4.98 Å². The average molecular weight is 242 g/mol. The van der Waals surface area contributed by atoms with Gasteiger partial charge in [-0.15, -0.1) is 0 Å². The van der Waals surface area contributed by atoms with E-state index in [4.69, 9.17) is 4.74 Å². The van der Waals surface area contributed by atoms with E-state index >= 15 is 0 Å². The maximum Gasteiger partial charge on any atom is 0.258 e. The first-order valence-electron chi connectivity index (χ1n) is 5.55. The van der Waals surface area contributed by atoms with Crippen LogP contribution in [0.2, 0.25) is 0 Å². The molecular formula is C14H14N2O2. The Morgan fingerprint density at radius 2 is 1.89 bits per heavy atom. The van der Waals surface area contributed by atoms with Gasteiger partial charge in [0.2, 0.25) is 5.88 Å².